The van der Waals surface area contributed by atoms with Gasteiger partial charge in [0.1, 0.15) is 18.3 Å². The van der Waals surface area contributed by atoms with E-state index in [0.29, 0.717) is 0 Å². The fraction of sp³-hybridized carbons (Fsp3) is 0.500. The van der Waals surface area contributed by atoms with Gasteiger partial charge < -0.3 is 40.3 Å². The number of aromatic amines is 1. The van der Waals surface area contributed by atoms with Crippen molar-refractivity contribution in [1.82, 2.24) is 19.5 Å². The van der Waals surface area contributed by atoms with Gasteiger partial charge in [0.2, 0.25) is 5.95 Å². The van der Waals surface area contributed by atoms with Crippen molar-refractivity contribution in [3.8, 4) is 0 Å². The number of phosphoric ester groups is 1. The van der Waals surface area contributed by atoms with E-state index in [4.69, 9.17) is 15.4 Å². The van der Waals surface area contributed by atoms with E-state index in [2.05, 4.69) is 28.1 Å². The van der Waals surface area contributed by atoms with Gasteiger partial charge in [-0.15, -0.1) is 0 Å². The largest absolute Gasteiger partial charge is 1.00 e. The summed E-state index contributed by atoms with van der Waals surface area (Å²) in [5, 5.41) is 20.4. The molecule has 2 aromatic heterocycles. The van der Waals surface area contributed by atoms with E-state index in [-0.39, 0.29) is 54.8 Å². The number of nitrogens with zero attached hydrogens (tertiary/aromatic N) is 3. The van der Waals surface area contributed by atoms with Crippen molar-refractivity contribution in [3.05, 3.63) is 16.7 Å². The number of nitrogen functional groups attached to an aromatic ring is 1. The van der Waals surface area contributed by atoms with Crippen LogP contribution in [0.2, 0.25) is 0 Å². The van der Waals surface area contributed by atoms with Gasteiger partial charge in [0, 0.05) is 0 Å². The number of hydrogen-bond acceptors (Lipinski definition) is 15. The number of fused-ring (bicyclic) bond motifs is 1. The fourth-order valence-electron chi connectivity index (χ4n) is 2.68. The molecule has 7 N–H and O–H groups in total. The smallest absolute Gasteiger partial charge is 0.756 e. The van der Waals surface area contributed by atoms with Crippen LogP contribution in [0.5, 0.6) is 0 Å². The Morgan fingerprint density at radius 1 is 1.18 bits per heavy atom. The first-order valence-corrected chi connectivity index (χ1v) is 12.5. The molecule has 4 unspecified atom stereocenters. The van der Waals surface area contributed by atoms with Crippen molar-refractivity contribution in [1.29, 1.82) is 0 Å². The minimum absolute atomic E-state index is 0. The predicted molar refractivity (Wildman–Crippen MR) is 93.9 cm³/mol. The summed E-state index contributed by atoms with van der Waals surface area (Å²) in [6.45, 7) is -1.06. The van der Waals surface area contributed by atoms with Crippen molar-refractivity contribution in [2.24, 2.45) is 0 Å². The molecule has 24 heteroatoms. The molecule has 0 bridgehead atoms. The molecule has 0 radical (unpaired) electrons. The van der Waals surface area contributed by atoms with Crippen LogP contribution in [0.25, 0.3) is 11.2 Å². The maximum atomic E-state index is 11.8. The van der Waals surface area contributed by atoms with E-state index in [1.54, 1.807) is 0 Å². The van der Waals surface area contributed by atoms with E-state index in [0.717, 1.165) is 10.9 Å². The number of H-pyrrole nitrogens is 1. The summed E-state index contributed by atoms with van der Waals surface area (Å²) < 4.78 is 50.8. The molecule has 1 fully saturated rings. The average Bonchev–Trinajstić information content (AvgIpc) is 3.12. The Hall–Kier alpha value is -0.365. The van der Waals surface area contributed by atoms with Crippen molar-refractivity contribution in [3.63, 3.8) is 0 Å². The summed E-state index contributed by atoms with van der Waals surface area (Å²) in [4.78, 5) is 61.1. The first kappa shape index (κ1) is 31.7. The molecule has 3 rings (SSSR count). The average molecular weight is 545 g/mol. The number of nitrogens with one attached hydrogen (secondary N) is 1. The van der Waals surface area contributed by atoms with Gasteiger partial charge in [-0.1, -0.05) is 0 Å². The monoisotopic (exact) mass is 545 g/mol. The van der Waals surface area contributed by atoms with Crippen molar-refractivity contribution >= 4 is 40.6 Å². The number of aliphatic hydroxyl groups is 2. The third kappa shape index (κ3) is 7.57. The summed E-state index contributed by atoms with van der Waals surface area (Å²) in [7, 11) is -17.5. The number of anilines is 1. The van der Waals surface area contributed by atoms with Crippen LogP contribution in [0, 0.1) is 0 Å². The Morgan fingerprint density at radius 2 is 1.79 bits per heavy atom. The third-order valence-corrected chi connectivity index (χ3v) is 7.60. The molecule has 0 amide bonds. The second-order valence-electron chi connectivity index (χ2n) is 6.16. The fourth-order valence-corrected chi connectivity index (χ4v) is 5.62. The quantitative estimate of drug-likeness (QED) is 0.102. The minimum atomic E-state index is -6.04. The number of ether oxygens (including phenoxy) is 1. The molecule has 19 nitrogen and oxygen atoms in total. The molecule has 2 aromatic rings. The van der Waals surface area contributed by atoms with Crippen LogP contribution in [0.1, 0.15) is 6.23 Å². The van der Waals surface area contributed by atoms with Gasteiger partial charge in [0.15, 0.2) is 17.4 Å². The molecule has 0 aliphatic carbocycles. The van der Waals surface area contributed by atoms with Crippen molar-refractivity contribution < 1.29 is 99.1 Å². The van der Waals surface area contributed by atoms with Gasteiger partial charge in [-0.05, 0) is 0 Å². The molecule has 1 aliphatic heterocycles. The number of phosphoric acid groups is 3. The van der Waals surface area contributed by atoms with Gasteiger partial charge in [-0.2, -0.15) is 4.98 Å². The standard InChI is InChI=1S/C10H16N5O14P3.2Li/c11-10-13-7-4(8(18)14-10)12-2-15(7)9-6(17)5(16)3(27-9)1-26-31(22,23)29-32(24,25)28-30(19,20)21;;/h2-3,5-6,9,16-17H,1H2,(H,22,23)(H,24,25)(H2,19,20,21)(H3,11,13,14,18);;/q;2*+1/p-2/t3-,5+,6?,9-;;/m1../s1/i1+1,2+1,3+1,4+1,5+1,6+1,7+1,8+1,9+1,10+1;;. The van der Waals surface area contributed by atoms with Gasteiger partial charge in [-0.25, -0.2) is 18.2 Å². The molecule has 0 spiro atoms. The zero-order valence-electron chi connectivity index (χ0n) is 17.2. The van der Waals surface area contributed by atoms with E-state index in [1.165, 1.54) is 0 Å². The molecule has 0 saturated carbocycles. The van der Waals surface area contributed by atoms with Crippen molar-refractivity contribution in [2.75, 3.05) is 12.3 Å². The number of rotatable bonds is 8. The Balaban J connectivity index is 0.00000289. The Bertz CT molecular complexity index is 1220. The third-order valence-electron chi connectivity index (χ3n) is 3.87. The van der Waals surface area contributed by atoms with E-state index >= 15 is 0 Å². The zero-order valence-corrected chi connectivity index (χ0v) is 19.9. The van der Waals surface area contributed by atoms with Gasteiger partial charge in [0.05, 0.1) is 12.9 Å². The molecule has 1 saturated heterocycles. The number of nitrogens with two attached hydrogens (primary N) is 1. The van der Waals surface area contributed by atoms with E-state index in [9.17, 15) is 43.4 Å². The number of aromatic nitrogens is 4. The molecule has 34 heavy (non-hydrogen) atoms. The Kier molecular flexibility index (Phi) is 10.6. The summed E-state index contributed by atoms with van der Waals surface area (Å²) in [5.74, 6) is -0.287. The number of imidazole rings is 1. The van der Waals surface area contributed by atoms with Crippen LogP contribution >= 0.6 is 23.5 Å². The van der Waals surface area contributed by atoms with E-state index in [1.807, 2.05) is 0 Å². The Morgan fingerprint density at radius 3 is 2.38 bits per heavy atom. The summed E-state index contributed by atoms with van der Waals surface area (Å²) in [6, 6.07) is 0. The molecule has 180 valence electrons. The second kappa shape index (κ2) is 11.4. The molecule has 0 aromatic carbocycles. The molecular weight excluding hydrogens is 531 g/mol. The van der Waals surface area contributed by atoms with Crippen LogP contribution in [0.15, 0.2) is 11.1 Å². The maximum Gasteiger partial charge on any atom is 1.00 e. The van der Waals surface area contributed by atoms with Crippen LogP contribution < -0.4 is 58.8 Å². The maximum absolute atomic E-state index is 11.8. The Labute approximate surface area is 212 Å². The molecule has 7 atom stereocenters. The molecular formula is C10H14Li2N5O14P3. The summed E-state index contributed by atoms with van der Waals surface area (Å²) >= 11 is 0. The molecule has 3 heterocycles. The van der Waals surface area contributed by atoms with Crippen molar-refractivity contribution in [2.45, 2.75) is 24.5 Å². The van der Waals surface area contributed by atoms with Crippen LogP contribution in [-0.4, -0.2) is 64.4 Å². The summed E-state index contributed by atoms with van der Waals surface area (Å²) in [6.07, 6.45) is -5.45. The first-order valence-electron chi connectivity index (χ1n) is 8.07. The van der Waals surface area contributed by atoms with Crippen LogP contribution in [0.4, 0.5) is 5.95 Å². The predicted octanol–water partition coefficient (Wildman–Crippen LogP) is -9.59. The van der Waals surface area contributed by atoms with Crippen LogP contribution in [-0.2, 0) is 31.6 Å². The number of aliphatic hydroxyl groups excluding tert-OH is 2. The van der Waals surface area contributed by atoms with E-state index < -0.39 is 60.2 Å². The topological polar surface area (TPSA) is 305 Å². The summed E-state index contributed by atoms with van der Waals surface area (Å²) in [5.41, 5.74) is 4.45. The second-order valence-corrected chi connectivity index (χ2v) is 10.5. The molecule has 1 aliphatic rings. The SMILES string of the molecule is N[13c]1n[13c]2[13c](n[13cH]n2[13C@@H]2O[13C@H]([13CH2]OP(=O)(O)OP(=O)([O-])OP(=O)([O-])O)[13C@H](O)[13CH]2O)[13c](=O)[nH]1.[Li+].[Li+]. The normalized spacial score (nSPS) is 27.7. The van der Waals surface area contributed by atoms with Gasteiger partial charge in [0.25, 0.3) is 21.2 Å². The number of hydrogen-bond donors (Lipinski definition) is 6. The van der Waals surface area contributed by atoms with Gasteiger partial charge in [-0.3, -0.25) is 28.0 Å². The first-order chi connectivity index (χ1) is 14.6. The zero-order chi connectivity index (χ0) is 24.1. The minimum Gasteiger partial charge on any atom is -0.756 e. The van der Waals surface area contributed by atoms with Gasteiger partial charge >= 0.3 is 45.5 Å². The van der Waals surface area contributed by atoms with Crippen LogP contribution in [0.3, 0.4) is 0 Å².